The fourth-order valence-electron chi connectivity index (χ4n) is 2.31. The Balaban J connectivity index is 2.25. The number of hydrogen-bond acceptors (Lipinski definition) is 4. The molecule has 1 aromatic rings. The average molecular weight is 268 g/mol. The Morgan fingerprint density at radius 2 is 1.94 bits per heavy atom. The molecule has 1 saturated carbocycles. The van der Waals surface area contributed by atoms with Gasteiger partial charge in [-0.1, -0.05) is 11.6 Å². The molecule has 96 valence electrons. The molecule has 0 radical (unpaired) electrons. The van der Waals surface area contributed by atoms with Gasteiger partial charge in [0.2, 0.25) is 5.91 Å². The summed E-state index contributed by atoms with van der Waals surface area (Å²) in [6.45, 7) is 0. The maximum atomic E-state index is 11.7. The van der Waals surface area contributed by atoms with Gasteiger partial charge in [-0.05, 0) is 12.8 Å². The molecule has 0 spiro atoms. The molecule has 2 rings (SSSR count). The van der Waals surface area contributed by atoms with E-state index >= 15 is 0 Å². The van der Waals surface area contributed by atoms with E-state index in [2.05, 4.69) is 9.97 Å². The lowest BCUT2D eigenvalue weighted by Crippen LogP contribution is -2.42. The summed E-state index contributed by atoms with van der Waals surface area (Å²) in [5.74, 6) is -0.214. The van der Waals surface area contributed by atoms with Crippen LogP contribution < -0.4 is 5.73 Å². The lowest BCUT2D eigenvalue weighted by molar-refractivity contribution is -0.133. The van der Waals surface area contributed by atoms with Crippen molar-refractivity contribution in [1.82, 2.24) is 9.97 Å². The van der Waals surface area contributed by atoms with Gasteiger partial charge in [-0.3, -0.25) is 14.6 Å². The number of rotatable bonds is 3. The summed E-state index contributed by atoms with van der Waals surface area (Å²) in [4.78, 5) is 31.1. The number of hydrogen-bond donors (Lipinski definition) is 1. The normalized spacial score (nSPS) is 18.6. The maximum Gasteiger partial charge on any atom is 0.224 e. The molecule has 0 saturated heterocycles. The number of carbonyl (C=O) groups is 2. The van der Waals surface area contributed by atoms with Crippen molar-refractivity contribution in [2.24, 2.45) is 11.1 Å². The van der Waals surface area contributed by atoms with Gasteiger partial charge in [-0.25, -0.2) is 4.98 Å². The minimum Gasteiger partial charge on any atom is -0.369 e. The summed E-state index contributed by atoms with van der Waals surface area (Å²) in [6, 6.07) is 0. The van der Waals surface area contributed by atoms with Crippen LogP contribution in [0.15, 0.2) is 12.4 Å². The second-order valence-electron chi connectivity index (χ2n) is 4.65. The lowest BCUT2D eigenvalue weighted by atomic mass is 9.70. The summed E-state index contributed by atoms with van der Waals surface area (Å²) in [7, 11) is 0. The quantitative estimate of drug-likeness (QED) is 0.894. The zero-order valence-corrected chi connectivity index (χ0v) is 10.6. The Morgan fingerprint density at radius 1 is 1.33 bits per heavy atom. The Hall–Kier alpha value is -1.49. The number of halogens is 1. The monoisotopic (exact) mass is 267 g/mol. The van der Waals surface area contributed by atoms with Crippen LogP contribution in [0.25, 0.3) is 0 Å². The molecule has 6 heteroatoms. The molecule has 1 aromatic heterocycles. The molecular weight excluding hydrogens is 254 g/mol. The van der Waals surface area contributed by atoms with Crippen molar-refractivity contribution in [1.29, 1.82) is 0 Å². The highest BCUT2D eigenvalue weighted by atomic mass is 35.5. The molecule has 1 aliphatic rings. The third kappa shape index (κ3) is 2.51. The van der Waals surface area contributed by atoms with Crippen molar-refractivity contribution in [3.8, 4) is 0 Å². The zero-order valence-electron chi connectivity index (χ0n) is 9.86. The number of aromatic nitrogens is 2. The lowest BCUT2D eigenvalue weighted by Gasteiger charge is -2.33. The fourth-order valence-corrected chi connectivity index (χ4v) is 2.48. The molecule has 1 fully saturated rings. The van der Waals surface area contributed by atoms with Gasteiger partial charge < -0.3 is 5.73 Å². The van der Waals surface area contributed by atoms with E-state index in [1.807, 2.05) is 0 Å². The average Bonchev–Trinajstić information content (AvgIpc) is 2.35. The van der Waals surface area contributed by atoms with Gasteiger partial charge in [0.1, 0.15) is 5.78 Å². The summed E-state index contributed by atoms with van der Waals surface area (Å²) in [5, 5.41) is 0.287. The summed E-state index contributed by atoms with van der Waals surface area (Å²) >= 11 is 5.95. The maximum absolute atomic E-state index is 11.7. The number of amides is 1. The van der Waals surface area contributed by atoms with Gasteiger partial charge in [0.05, 0.1) is 11.1 Å². The van der Waals surface area contributed by atoms with Crippen LogP contribution in [0.1, 0.15) is 31.4 Å². The molecule has 0 unspecified atom stereocenters. The summed E-state index contributed by atoms with van der Waals surface area (Å²) in [6.07, 6.45) is 5.09. The number of ketones is 1. The van der Waals surface area contributed by atoms with E-state index in [-0.39, 0.29) is 10.9 Å². The predicted octanol–water partition coefficient (Wildman–Crippen LogP) is 1.29. The molecule has 1 amide bonds. The molecule has 5 nitrogen and oxygen atoms in total. The smallest absolute Gasteiger partial charge is 0.224 e. The van der Waals surface area contributed by atoms with Crippen molar-refractivity contribution in [2.45, 2.75) is 32.1 Å². The van der Waals surface area contributed by atoms with Crippen LogP contribution in [-0.4, -0.2) is 21.7 Å². The van der Waals surface area contributed by atoms with Crippen molar-refractivity contribution in [3.63, 3.8) is 0 Å². The van der Waals surface area contributed by atoms with E-state index < -0.39 is 11.3 Å². The van der Waals surface area contributed by atoms with Gasteiger partial charge >= 0.3 is 0 Å². The predicted molar refractivity (Wildman–Crippen MR) is 65.8 cm³/mol. The molecule has 1 heterocycles. The van der Waals surface area contributed by atoms with E-state index in [4.69, 9.17) is 17.3 Å². The molecule has 1 aliphatic carbocycles. The molecule has 2 N–H and O–H groups in total. The molecule has 0 bridgehead atoms. The van der Waals surface area contributed by atoms with Crippen LogP contribution in [-0.2, 0) is 16.0 Å². The topological polar surface area (TPSA) is 85.9 Å². The van der Waals surface area contributed by atoms with Gasteiger partial charge in [0.15, 0.2) is 5.15 Å². The molecular formula is C12H14ClN3O2. The highest BCUT2D eigenvalue weighted by molar-refractivity contribution is 6.30. The van der Waals surface area contributed by atoms with Gasteiger partial charge in [0, 0.05) is 31.7 Å². The van der Waals surface area contributed by atoms with Crippen LogP contribution in [0.4, 0.5) is 0 Å². The largest absolute Gasteiger partial charge is 0.369 e. The van der Waals surface area contributed by atoms with Crippen molar-refractivity contribution in [3.05, 3.63) is 23.2 Å². The third-order valence-corrected chi connectivity index (χ3v) is 3.83. The Morgan fingerprint density at radius 3 is 2.50 bits per heavy atom. The Labute approximate surface area is 110 Å². The number of primary amides is 1. The standard InChI is InChI=1S/C12H14ClN3O2/c13-10-9(15-5-6-16-10)7-12(11(14)18)3-1-8(17)2-4-12/h5-6H,1-4,7H2,(H2,14,18). The summed E-state index contributed by atoms with van der Waals surface area (Å²) in [5.41, 5.74) is 5.35. The van der Waals surface area contributed by atoms with Crippen LogP contribution in [0.3, 0.4) is 0 Å². The van der Waals surface area contributed by atoms with Crippen LogP contribution in [0.5, 0.6) is 0 Å². The second-order valence-corrected chi connectivity index (χ2v) is 5.01. The third-order valence-electron chi connectivity index (χ3n) is 3.52. The van der Waals surface area contributed by atoms with E-state index in [1.165, 1.54) is 12.4 Å². The minimum atomic E-state index is -0.715. The number of nitrogens with two attached hydrogens (primary N) is 1. The van der Waals surface area contributed by atoms with Gasteiger partial charge in [-0.2, -0.15) is 0 Å². The first kappa shape index (κ1) is 13.0. The molecule has 0 aliphatic heterocycles. The number of nitrogens with zero attached hydrogens (tertiary/aromatic N) is 2. The highest BCUT2D eigenvalue weighted by Crippen LogP contribution is 2.38. The minimum absolute atomic E-state index is 0.178. The van der Waals surface area contributed by atoms with Crippen LogP contribution in [0, 0.1) is 5.41 Å². The Kier molecular flexibility index (Phi) is 3.61. The van der Waals surface area contributed by atoms with Gasteiger partial charge in [-0.15, -0.1) is 0 Å². The van der Waals surface area contributed by atoms with Crippen molar-refractivity contribution in [2.75, 3.05) is 0 Å². The van der Waals surface area contributed by atoms with E-state index in [1.54, 1.807) is 0 Å². The number of Topliss-reactive ketones (excluding diaryl/α,β-unsaturated/α-hetero) is 1. The van der Waals surface area contributed by atoms with Crippen LogP contribution >= 0.6 is 11.6 Å². The molecule has 18 heavy (non-hydrogen) atoms. The van der Waals surface area contributed by atoms with E-state index in [0.717, 1.165) is 0 Å². The van der Waals surface area contributed by atoms with Crippen LogP contribution in [0.2, 0.25) is 5.15 Å². The second kappa shape index (κ2) is 5.02. The first-order valence-electron chi connectivity index (χ1n) is 5.80. The zero-order chi connectivity index (χ0) is 13.2. The first-order valence-corrected chi connectivity index (χ1v) is 6.18. The fraction of sp³-hybridized carbons (Fsp3) is 0.500. The van der Waals surface area contributed by atoms with Crippen molar-refractivity contribution < 1.29 is 9.59 Å². The van der Waals surface area contributed by atoms with E-state index in [0.29, 0.717) is 37.8 Å². The van der Waals surface area contributed by atoms with Crippen molar-refractivity contribution >= 4 is 23.3 Å². The van der Waals surface area contributed by atoms with Gasteiger partial charge in [0.25, 0.3) is 0 Å². The van der Waals surface area contributed by atoms with E-state index in [9.17, 15) is 9.59 Å². The molecule has 0 aromatic carbocycles. The number of carbonyl (C=O) groups excluding carboxylic acids is 2. The SMILES string of the molecule is NC(=O)C1(Cc2nccnc2Cl)CCC(=O)CC1. The Bertz CT molecular complexity index is 480. The molecule has 0 atom stereocenters. The summed E-state index contributed by atoms with van der Waals surface area (Å²) < 4.78 is 0. The highest BCUT2D eigenvalue weighted by Gasteiger charge is 2.40. The first-order chi connectivity index (χ1) is 8.53.